The lowest BCUT2D eigenvalue weighted by molar-refractivity contribution is -0.119. The number of pyridine rings is 1. The highest BCUT2D eigenvalue weighted by Gasteiger charge is 2.54. The number of amides is 1. The van der Waals surface area contributed by atoms with Crippen LogP contribution in [0.2, 0.25) is 0 Å². The summed E-state index contributed by atoms with van der Waals surface area (Å²) in [6.07, 6.45) is 16.6. The molecule has 19 nitrogen and oxygen atoms in total. The van der Waals surface area contributed by atoms with E-state index < -0.39 is 22.8 Å². The minimum atomic E-state index is -1.79. The zero-order chi connectivity index (χ0) is 89.9. The van der Waals surface area contributed by atoms with Crippen molar-refractivity contribution in [3.8, 4) is 11.5 Å². The van der Waals surface area contributed by atoms with Crippen LogP contribution in [0.4, 0.5) is 36.1 Å². The second-order valence-corrected chi connectivity index (χ2v) is 34.3. The molecule has 125 heavy (non-hydrogen) atoms. The maximum absolute atomic E-state index is 14.8. The lowest BCUT2D eigenvalue weighted by Gasteiger charge is -2.29. The summed E-state index contributed by atoms with van der Waals surface area (Å²) in [5.74, 6) is 1.88. The second kappa shape index (κ2) is 40.2. The fourth-order valence-electron chi connectivity index (χ4n) is 17.4. The number of aromatic nitrogens is 6. The molecule has 23 heteroatoms. The van der Waals surface area contributed by atoms with E-state index in [0.717, 1.165) is 187 Å². The molecule has 7 aliphatic rings. The standard InChI is InChI=1S/C18H18FN3O.C15H15FN2O.C14H15FO.C14H16O.C13H14N2O2.C13H17NO3.C13H15NOS.C2H6/c1-2-18(19)9-11-8-12(6-7-13(11)16(18)23)22-17-14-4-3-5-15(14)20-10-21-17;1-2-15(16)8-7-11-12(14(15)19)13(17)9-5-3-4-6-10(9)18-11;1-2-14(15)11-8-4-6-9-5-3-7-10(12(9)11)13(14)16;1-3-10(2)14(15)13-8-11-6-4-5-7-12(11)9-13;1-3-4-10-9-5-8-7(2)13(16)14-11(8)6-12(9)17-15-10;1-5-8(2)11-9-6-7-10(15-3)13(16-4)12(9)17-14-11;1-4-8(2)13(15)10-5-6-11-12(7-10)16-9(3)14-11;1-2/h6-8,10H,2-5,9H2,1H3,(H,20,21,22);3-6H,2,7-8H2,1H3,(H2,17,18);3,5,7,11H,2,4,6,8H2,1H3;4-8,10H,3,9H2,1-2H3;5-7H,3-4H2,1-2H3,(H,14,16);6-8H,5H2,1-4H3;5-8H,4H2,1-3H3;1-2H3. The number of nitrogens with two attached hydrogens (primary N) is 1. The highest BCUT2D eigenvalue weighted by molar-refractivity contribution is 7.18. The lowest BCUT2D eigenvalue weighted by atomic mass is 9.78. The van der Waals surface area contributed by atoms with Gasteiger partial charge in [0.15, 0.2) is 39.9 Å². The van der Waals surface area contributed by atoms with Crippen LogP contribution in [-0.4, -0.2) is 96.3 Å². The van der Waals surface area contributed by atoms with Crippen LogP contribution in [0.3, 0.4) is 0 Å². The van der Waals surface area contributed by atoms with Crippen molar-refractivity contribution < 1.29 is 60.5 Å². The van der Waals surface area contributed by atoms with Crippen molar-refractivity contribution in [2.75, 3.05) is 30.6 Å². The number of ether oxygens (including phenoxy) is 2. The van der Waals surface area contributed by atoms with Crippen LogP contribution in [0.25, 0.3) is 49.1 Å². The van der Waals surface area contributed by atoms with Crippen LogP contribution in [-0.2, 0) is 54.5 Å². The molecule has 7 aromatic carbocycles. The van der Waals surface area contributed by atoms with Crippen molar-refractivity contribution in [2.24, 2.45) is 11.8 Å². The van der Waals surface area contributed by atoms with Gasteiger partial charge in [0.25, 0.3) is 0 Å². The monoisotopic (exact) mass is 1720 g/mol. The van der Waals surface area contributed by atoms with E-state index in [-0.39, 0.29) is 78.2 Å². The number of carbonyl (C=O) groups is 6. The first kappa shape index (κ1) is 92.6. The number of carbonyl (C=O) groups excluding carboxylic acids is 6. The summed E-state index contributed by atoms with van der Waals surface area (Å²) >= 11 is 1.64. The summed E-state index contributed by atoms with van der Waals surface area (Å²) in [5, 5.41) is 18.2. The van der Waals surface area contributed by atoms with Gasteiger partial charge in [-0.25, -0.2) is 28.1 Å². The molecule has 1 amide bonds. The smallest absolute Gasteiger partial charge is 0.231 e. The van der Waals surface area contributed by atoms with Gasteiger partial charge < -0.3 is 34.9 Å². The summed E-state index contributed by atoms with van der Waals surface area (Å²) in [6.45, 7) is 27.5. The van der Waals surface area contributed by atoms with Gasteiger partial charge in [0.1, 0.15) is 12.1 Å². The Kier molecular flexibility index (Phi) is 29.7. The molecule has 0 saturated heterocycles. The molecule has 4 N–H and O–H groups in total. The normalized spacial score (nSPS) is 19.4. The molecular formula is C102H116F3N9O10S. The third-order valence-corrected chi connectivity index (χ3v) is 26.4. The van der Waals surface area contributed by atoms with E-state index in [0.29, 0.717) is 64.1 Å². The van der Waals surface area contributed by atoms with Gasteiger partial charge in [-0.05, 0) is 210 Å². The van der Waals surface area contributed by atoms with Gasteiger partial charge >= 0.3 is 0 Å². The molecule has 19 rings (SSSR count). The molecule has 6 heterocycles. The summed E-state index contributed by atoms with van der Waals surface area (Å²) in [7, 11) is 3.21. The number of para-hydroxylation sites is 1. The summed E-state index contributed by atoms with van der Waals surface area (Å²) < 4.78 is 66.2. The number of fused-ring (bicyclic) bond motifs is 9. The van der Waals surface area contributed by atoms with E-state index in [1.807, 2.05) is 158 Å². The van der Waals surface area contributed by atoms with Crippen molar-refractivity contribution in [1.29, 1.82) is 0 Å². The van der Waals surface area contributed by atoms with E-state index in [2.05, 4.69) is 80.7 Å². The van der Waals surface area contributed by atoms with E-state index in [9.17, 15) is 41.9 Å². The van der Waals surface area contributed by atoms with E-state index >= 15 is 0 Å². The van der Waals surface area contributed by atoms with Crippen molar-refractivity contribution in [2.45, 2.75) is 247 Å². The average Bonchev–Trinajstić information content (AvgIpc) is 1.66. The van der Waals surface area contributed by atoms with E-state index in [1.165, 1.54) is 16.7 Å². The molecule has 0 fully saturated rings. The highest BCUT2D eigenvalue weighted by Crippen LogP contribution is 2.52. The van der Waals surface area contributed by atoms with Gasteiger partial charge in [-0.15, -0.1) is 11.3 Å². The zero-order valence-corrected chi connectivity index (χ0v) is 75.6. The highest BCUT2D eigenvalue weighted by atomic mass is 32.1. The first-order valence-corrected chi connectivity index (χ1v) is 45.1. The van der Waals surface area contributed by atoms with Gasteiger partial charge in [-0.3, -0.25) is 33.8 Å². The Balaban J connectivity index is 0.000000133. The van der Waals surface area contributed by atoms with Gasteiger partial charge in [-0.2, -0.15) is 0 Å². The average molecular weight is 1720 g/mol. The maximum atomic E-state index is 14.8. The van der Waals surface area contributed by atoms with Crippen LogP contribution < -0.4 is 25.8 Å². The van der Waals surface area contributed by atoms with Crippen molar-refractivity contribution >= 4 is 118 Å². The molecular weight excluding hydrogens is 1600 g/mol. The van der Waals surface area contributed by atoms with E-state index in [4.69, 9.17) is 24.3 Å². The number of allylic oxidation sites excluding steroid dienone is 1. The number of halogens is 3. The molecule has 5 aromatic heterocycles. The Morgan fingerprint density at radius 3 is 2.12 bits per heavy atom. The molecule has 8 atom stereocenters. The Hall–Kier alpha value is -11.6. The summed E-state index contributed by atoms with van der Waals surface area (Å²) in [5.41, 5.74) is 20.7. The molecule has 0 bridgehead atoms. The Labute approximate surface area is 734 Å². The van der Waals surface area contributed by atoms with E-state index in [1.54, 1.807) is 64.8 Å². The summed E-state index contributed by atoms with van der Waals surface area (Å²) in [4.78, 5) is 89.7. The summed E-state index contributed by atoms with van der Waals surface area (Å²) in [6, 6.07) is 40.3. The minimum Gasteiger partial charge on any atom is -0.493 e. The zero-order valence-electron chi connectivity index (χ0n) is 74.8. The number of hydrogen-bond donors (Lipinski definition) is 3. The SMILES string of the molecule is CC.CCC(C)C(=O)C1=Cc2ccccc2C1.CCC(C)C(=O)c1ccc2nc(C)sc2c1.CCC(C)c1noc2c(OC)c(OC)ccc12.CCC1(F)C(=O)c2cccc3c2C1CCC3.CCC1(F)CCc2nc3ccccc3c(N)c2C1=O.CCC1(F)Cc2cc(Nc3ncnc4c3CCC4)ccc2C1=O.CCCc1noc2cc3c(cc12)C(C)C(=O)N3. The van der Waals surface area contributed by atoms with Crippen molar-refractivity contribution in [3.63, 3.8) is 0 Å². The maximum Gasteiger partial charge on any atom is 0.231 e. The molecule has 0 radical (unpaired) electrons. The van der Waals surface area contributed by atoms with Crippen LogP contribution in [0, 0.1) is 18.8 Å². The Morgan fingerprint density at radius 2 is 1.41 bits per heavy atom. The van der Waals surface area contributed by atoms with Gasteiger partial charge in [0.2, 0.25) is 34.6 Å². The molecule has 1 aliphatic heterocycles. The number of hydrogen-bond acceptors (Lipinski definition) is 19. The predicted octanol–water partition coefficient (Wildman–Crippen LogP) is 24.3. The lowest BCUT2D eigenvalue weighted by Crippen LogP contribution is -2.39. The number of Topliss-reactive ketones (excluding diaryl/α,β-unsaturated/α-hetero) is 5. The quantitative estimate of drug-likeness (QED) is 0.0715. The third-order valence-electron chi connectivity index (χ3n) is 25.5. The number of alkyl halides is 3. The molecule has 656 valence electrons. The number of nitrogen functional groups attached to an aromatic ring is 1. The van der Waals surface area contributed by atoms with Gasteiger partial charge in [-0.1, -0.05) is 160 Å². The number of thiazole rings is 1. The molecule has 8 unspecified atom stereocenters. The molecule has 0 saturated carbocycles. The number of aryl methyl sites for hydroxylation is 5. The van der Waals surface area contributed by atoms with Gasteiger partial charge in [0.05, 0.1) is 69.2 Å². The number of benzene rings is 7. The largest absolute Gasteiger partial charge is 0.493 e. The fraction of sp³-hybridized carbons (Fsp3) is 0.412. The predicted molar refractivity (Wildman–Crippen MR) is 492 cm³/mol. The number of nitrogens with one attached hydrogen (secondary N) is 2. The number of anilines is 4. The molecule has 0 spiro atoms. The number of rotatable bonds is 17. The Morgan fingerprint density at radius 1 is 0.672 bits per heavy atom. The minimum absolute atomic E-state index is 0.0534. The van der Waals surface area contributed by atoms with Gasteiger partial charge in [0, 0.05) is 104 Å². The van der Waals surface area contributed by atoms with Crippen LogP contribution in [0.15, 0.2) is 148 Å². The van der Waals surface area contributed by atoms with Crippen LogP contribution >= 0.6 is 11.3 Å². The van der Waals surface area contributed by atoms with Crippen LogP contribution in [0.1, 0.15) is 287 Å². The topological polar surface area (TPSA) is 275 Å². The van der Waals surface area contributed by atoms with Crippen LogP contribution in [0.5, 0.6) is 11.5 Å². The number of methoxy groups -OCH3 is 2. The van der Waals surface area contributed by atoms with Crippen molar-refractivity contribution in [1.82, 2.24) is 30.2 Å². The second-order valence-electron chi connectivity index (χ2n) is 33.1. The molecule has 6 aliphatic carbocycles. The number of nitrogens with zero attached hydrogens (tertiary/aromatic N) is 6. The first-order chi connectivity index (χ1) is 60.1. The third kappa shape index (κ3) is 19.0. The number of ketones is 5. The van der Waals surface area contributed by atoms with Crippen molar-refractivity contribution in [3.05, 3.63) is 228 Å². The first-order valence-electron chi connectivity index (χ1n) is 44.3. The fourth-order valence-corrected chi connectivity index (χ4v) is 18.3. The Bertz CT molecular complexity index is 6050. The molecule has 12 aromatic rings.